The van der Waals surface area contributed by atoms with Gasteiger partial charge in [0.2, 0.25) is 0 Å². The van der Waals surface area contributed by atoms with Crippen LogP contribution in [-0.2, 0) is 21.1 Å². The van der Waals surface area contributed by atoms with Gasteiger partial charge in [0, 0.05) is 36.5 Å². The minimum Gasteiger partial charge on any atom is -0.378 e. The highest BCUT2D eigenvalue weighted by Gasteiger charge is 2.20. The van der Waals surface area contributed by atoms with E-state index < -0.39 is 0 Å². The van der Waals surface area contributed by atoms with Crippen LogP contribution in [0.1, 0.15) is 31.7 Å². The highest BCUT2D eigenvalue weighted by atomic mass is 32.1. The summed E-state index contributed by atoms with van der Waals surface area (Å²) in [5.74, 6) is 0. The van der Waals surface area contributed by atoms with Crippen molar-refractivity contribution in [3.8, 4) is 21.1 Å². The molecule has 6 nitrogen and oxygen atoms in total. The maximum Gasteiger partial charge on any atom is 0.148 e. The third-order valence-corrected chi connectivity index (χ3v) is 6.47. The second-order valence-electron chi connectivity index (χ2n) is 7.64. The molecule has 1 aliphatic heterocycles. The summed E-state index contributed by atoms with van der Waals surface area (Å²) in [6, 6.07) is 16.8. The first-order valence-corrected chi connectivity index (χ1v) is 11.6. The summed E-state index contributed by atoms with van der Waals surface area (Å²) in [5, 5.41) is 10.6. The third-order valence-electron chi connectivity index (χ3n) is 5.45. The average Bonchev–Trinajstić information content (AvgIpc) is 3.32. The lowest BCUT2D eigenvalue weighted by atomic mass is 10.1. The predicted octanol–water partition coefficient (Wildman–Crippen LogP) is 5.35. The van der Waals surface area contributed by atoms with Gasteiger partial charge in [-0.2, -0.15) is 0 Å². The summed E-state index contributed by atoms with van der Waals surface area (Å²) in [6.45, 7) is 5.54. The number of nitrogens with zero attached hydrogens (tertiary/aromatic N) is 3. The Morgan fingerprint density at radius 1 is 0.935 bits per heavy atom. The van der Waals surface area contributed by atoms with Crippen molar-refractivity contribution in [2.75, 3.05) is 31.7 Å². The van der Waals surface area contributed by atoms with Crippen LogP contribution in [0, 0.1) is 0 Å². The Balaban J connectivity index is 1.37. The smallest absolute Gasteiger partial charge is 0.148 e. The Morgan fingerprint density at radius 3 is 2.13 bits per heavy atom. The molecule has 0 bridgehead atoms. The molecular weight excluding hydrogens is 410 g/mol. The molecule has 3 aromatic rings. The highest BCUT2D eigenvalue weighted by molar-refractivity contribution is 7.17. The summed E-state index contributed by atoms with van der Waals surface area (Å²) < 4.78 is 5.90. The molecule has 0 aliphatic carbocycles. The molecule has 1 aliphatic rings. The average molecular weight is 440 g/mol. The number of hydrogen-bond donors (Lipinski definition) is 0. The van der Waals surface area contributed by atoms with Crippen LogP contribution < -0.4 is 4.90 Å². The summed E-state index contributed by atoms with van der Waals surface area (Å²) in [6.07, 6.45) is 3.69. The van der Waals surface area contributed by atoms with Crippen LogP contribution in [0.4, 0.5) is 5.69 Å². The van der Waals surface area contributed by atoms with Crippen LogP contribution in [-0.4, -0.2) is 43.1 Å². The van der Waals surface area contributed by atoms with Crippen LogP contribution in [0.25, 0.3) is 21.1 Å². The lowest BCUT2D eigenvalue weighted by Crippen LogP contribution is -2.37. The Hall–Kier alpha value is -2.32. The summed E-state index contributed by atoms with van der Waals surface area (Å²) in [5.41, 5.74) is 4.46. The van der Waals surface area contributed by atoms with Crippen LogP contribution in [0.15, 0.2) is 48.5 Å². The second-order valence-corrected chi connectivity index (χ2v) is 8.62. The van der Waals surface area contributed by atoms with Crippen molar-refractivity contribution in [2.24, 2.45) is 0 Å². The minimum absolute atomic E-state index is 0.414. The van der Waals surface area contributed by atoms with E-state index in [2.05, 4.69) is 51.2 Å². The van der Waals surface area contributed by atoms with E-state index in [0.29, 0.717) is 12.7 Å². The SMILES string of the molecule is CCCOC1CCN(c2ccc(-c3nnc(-c4ccc(COOC)cc4)s3)cc2)CC1. The van der Waals surface area contributed by atoms with Crippen molar-refractivity contribution in [3.05, 3.63) is 54.1 Å². The van der Waals surface area contributed by atoms with Gasteiger partial charge in [-0.25, -0.2) is 9.78 Å². The molecule has 1 saturated heterocycles. The van der Waals surface area contributed by atoms with Gasteiger partial charge in [0.05, 0.1) is 13.2 Å². The van der Waals surface area contributed by atoms with E-state index in [-0.39, 0.29) is 0 Å². The van der Waals surface area contributed by atoms with E-state index in [1.165, 1.54) is 12.8 Å². The zero-order valence-electron chi connectivity index (χ0n) is 18.1. The van der Waals surface area contributed by atoms with Gasteiger partial charge in [-0.1, -0.05) is 42.5 Å². The second kappa shape index (κ2) is 10.8. The predicted molar refractivity (Wildman–Crippen MR) is 124 cm³/mol. The normalized spacial score (nSPS) is 14.8. The molecule has 31 heavy (non-hydrogen) atoms. The molecule has 1 fully saturated rings. The molecule has 164 valence electrons. The van der Waals surface area contributed by atoms with E-state index in [1.54, 1.807) is 11.3 Å². The number of aromatic nitrogens is 2. The van der Waals surface area contributed by atoms with E-state index in [0.717, 1.165) is 65.7 Å². The van der Waals surface area contributed by atoms with Crippen molar-refractivity contribution in [1.29, 1.82) is 0 Å². The van der Waals surface area contributed by atoms with Crippen molar-refractivity contribution in [2.45, 2.75) is 38.9 Å². The maximum absolute atomic E-state index is 5.90. The Kier molecular flexibility index (Phi) is 7.64. The zero-order valence-corrected chi connectivity index (χ0v) is 18.9. The van der Waals surface area contributed by atoms with E-state index in [1.807, 2.05) is 24.3 Å². The molecule has 0 amide bonds. The fourth-order valence-corrected chi connectivity index (χ4v) is 4.56. The van der Waals surface area contributed by atoms with Crippen molar-refractivity contribution in [1.82, 2.24) is 10.2 Å². The highest BCUT2D eigenvalue weighted by Crippen LogP contribution is 2.31. The quantitative estimate of drug-likeness (QED) is 0.331. The van der Waals surface area contributed by atoms with Crippen LogP contribution in [0.5, 0.6) is 0 Å². The minimum atomic E-state index is 0.414. The number of benzene rings is 2. The molecule has 0 spiro atoms. The maximum atomic E-state index is 5.90. The molecule has 1 aromatic heterocycles. The van der Waals surface area contributed by atoms with Gasteiger partial charge in [0.25, 0.3) is 0 Å². The van der Waals surface area contributed by atoms with Gasteiger partial charge in [-0.15, -0.1) is 10.2 Å². The number of ether oxygens (including phenoxy) is 1. The standard InChI is InChI=1S/C24H29N3O3S/c1-3-16-29-22-12-14-27(15-13-22)21-10-8-20(9-11-21)24-26-25-23(31-24)19-6-4-18(5-7-19)17-30-28-2/h4-11,22H,3,12-17H2,1-2H3. The Bertz CT molecular complexity index is 935. The first kappa shape index (κ1) is 21.9. The van der Waals surface area contributed by atoms with Gasteiger partial charge in [-0.3, -0.25) is 0 Å². The molecule has 4 rings (SSSR count). The molecule has 0 saturated carbocycles. The zero-order chi connectivity index (χ0) is 21.5. The van der Waals surface area contributed by atoms with Crippen molar-refractivity contribution < 1.29 is 14.5 Å². The number of anilines is 1. The van der Waals surface area contributed by atoms with Crippen LogP contribution >= 0.6 is 11.3 Å². The first-order valence-electron chi connectivity index (χ1n) is 10.8. The fourth-order valence-electron chi connectivity index (χ4n) is 3.71. The van der Waals surface area contributed by atoms with E-state index in [9.17, 15) is 0 Å². The molecule has 0 N–H and O–H groups in total. The third kappa shape index (κ3) is 5.68. The topological polar surface area (TPSA) is 56.7 Å². The van der Waals surface area contributed by atoms with Crippen LogP contribution in [0.2, 0.25) is 0 Å². The van der Waals surface area contributed by atoms with Gasteiger partial charge in [-0.05, 0) is 49.1 Å². The number of hydrogen-bond acceptors (Lipinski definition) is 7. The number of rotatable bonds is 9. The number of piperidine rings is 1. The molecule has 2 aromatic carbocycles. The summed E-state index contributed by atoms with van der Waals surface area (Å²) in [7, 11) is 1.51. The monoisotopic (exact) mass is 439 g/mol. The molecule has 2 heterocycles. The van der Waals surface area contributed by atoms with Gasteiger partial charge < -0.3 is 9.64 Å². The van der Waals surface area contributed by atoms with Gasteiger partial charge in [0.1, 0.15) is 16.6 Å². The first-order chi connectivity index (χ1) is 15.3. The van der Waals surface area contributed by atoms with Gasteiger partial charge >= 0.3 is 0 Å². The molecular formula is C24H29N3O3S. The molecule has 0 atom stereocenters. The van der Waals surface area contributed by atoms with Crippen molar-refractivity contribution >= 4 is 17.0 Å². The van der Waals surface area contributed by atoms with Gasteiger partial charge in [0.15, 0.2) is 0 Å². The molecule has 0 radical (unpaired) electrons. The Morgan fingerprint density at radius 2 is 1.55 bits per heavy atom. The van der Waals surface area contributed by atoms with Crippen molar-refractivity contribution in [3.63, 3.8) is 0 Å². The summed E-state index contributed by atoms with van der Waals surface area (Å²) >= 11 is 1.60. The van der Waals surface area contributed by atoms with E-state index >= 15 is 0 Å². The Labute approximate surface area is 187 Å². The largest absolute Gasteiger partial charge is 0.378 e. The summed E-state index contributed by atoms with van der Waals surface area (Å²) in [4.78, 5) is 12.1. The fraction of sp³-hybridized carbons (Fsp3) is 0.417. The van der Waals surface area contributed by atoms with E-state index in [4.69, 9.17) is 9.62 Å². The van der Waals surface area contributed by atoms with Crippen LogP contribution in [0.3, 0.4) is 0 Å². The molecule has 0 unspecified atom stereocenters. The molecule has 7 heteroatoms. The lowest BCUT2D eigenvalue weighted by Gasteiger charge is -2.33. The lowest BCUT2D eigenvalue weighted by molar-refractivity contribution is -0.282.